The molecule has 0 aliphatic rings. The van der Waals surface area contributed by atoms with Crippen LogP contribution >= 0.6 is 0 Å². The van der Waals surface area contributed by atoms with Crippen LogP contribution in [0.2, 0.25) is 0 Å². The van der Waals surface area contributed by atoms with Crippen LogP contribution in [-0.2, 0) is 0 Å². The van der Waals surface area contributed by atoms with E-state index >= 15 is 0 Å². The lowest BCUT2D eigenvalue weighted by Crippen LogP contribution is -2.40. The molecular weight excluding hydrogens is 212 g/mol. The summed E-state index contributed by atoms with van der Waals surface area (Å²) in [7, 11) is 12.8. The van der Waals surface area contributed by atoms with Gasteiger partial charge in [0, 0.05) is 39.3 Å². The summed E-state index contributed by atoms with van der Waals surface area (Å²) < 4.78 is 0. The van der Waals surface area contributed by atoms with Crippen LogP contribution in [0.1, 0.15) is 7.43 Å². The van der Waals surface area contributed by atoms with Crippen molar-refractivity contribution in [2.24, 2.45) is 0 Å². The highest BCUT2D eigenvalue weighted by atomic mass is 15.2. The highest BCUT2D eigenvalue weighted by Crippen LogP contribution is 1.91. The summed E-state index contributed by atoms with van der Waals surface area (Å²) in [6.45, 7) is 6.90. The molecule has 0 aliphatic carbocycles. The Morgan fingerprint density at radius 3 is 0.882 bits per heavy atom. The average molecular weight is 246 g/mol. The van der Waals surface area contributed by atoms with Crippen LogP contribution in [0.15, 0.2) is 0 Å². The Bertz CT molecular complexity index is 129. The van der Waals surface area contributed by atoms with E-state index in [-0.39, 0.29) is 7.43 Å². The van der Waals surface area contributed by atoms with Crippen molar-refractivity contribution in [3.05, 3.63) is 0 Å². The Kier molecular flexibility index (Phi) is 12.4. The van der Waals surface area contributed by atoms with E-state index in [9.17, 15) is 0 Å². The molecule has 0 aromatic carbocycles. The maximum atomic E-state index is 2.54. The third kappa shape index (κ3) is 13.8. The second-order valence-electron chi connectivity index (χ2n) is 5.25. The summed E-state index contributed by atoms with van der Waals surface area (Å²) in [5.41, 5.74) is 0. The molecule has 0 heterocycles. The summed E-state index contributed by atoms with van der Waals surface area (Å²) >= 11 is 0. The van der Waals surface area contributed by atoms with Crippen molar-refractivity contribution < 1.29 is 0 Å². The number of hydrogen-bond donors (Lipinski definition) is 0. The molecule has 0 rings (SSSR count). The van der Waals surface area contributed by atoms with Gasteiger partial charge in [0.2, 0.25) is 0 Å². The molecular formula is C13H34N4. The van der Waals surface area contributed by atoms with Crippen LogP contribution in [-0.4, -0.2) is 101 Å². The van der Waals surface area contributed by atoms with Gasteiger partial charge in [-0.05, 0) is 42.3 Å². The molecule has 4 nitrogen and oxygen atoms in total. The summed E-state index contributed by atoms with van der Waals surface area (Å²) in [6, 6.07) is 0. The van der Waals surface area contributed by atoms with E-state index in [1.165, 1.54) is 0 Å². The van der Waals surface area contributed by atoms with Gasteiger partial charge >= 0.3 is 0 Å². The SMILES string of the molecule is C.CN(C)CCN(CCN(C)C)CCN(C)C. The van der Waals surface area contributed by atoms with Crippen LogP contribution in [0.3, 0.4) is 0 Å². The first-order valence-corrected chi connectivity index (χ1v) is 6.08. The molecule has 0 spiro atoms. The van der Waals surface area contributed by atoms with Gasteiger partial charge in [0.25, 0.3) is 0 Å². The fraction of sp³-hybridized carbons (Fsp3) is 1.00. The zero-order valence-corrected chi connectivity index (χ0v) is 12.0. The molecule has 4 heteroatoms. The molecule has 0 amide bonds. The second kappa shape index (κ2) is 11.0. The molecule has 0 aliphatic heterocycles. The van der Waals surface area contributed by atoms with Crippen LogP contribution in [0.5, 0.6) is 0 Å². The lowest BCUT2D eigenvalue weighted by Gasteiger charge is -2.26. The molecule has 0 unspecified atom stereocenters. The van der Waals surface area contributed by atoms with E-state index in [1.54, 1.807) is 0 Å². The predicted octanol–water partition coefficient (Wildman–Crippen LogP) is 0.609. The minimum atomic E-state index is 0. The van der Waals surface area contributed by atoms with Crippen molar-refractivity contribution in [1.82, 2.24) is 19.6 Å². The van der Waals surface area contributed by atoms with E-state index in [2.05, 4.69) is 61.9 Å². The third-order valence-corrected chi connectivity index (χ3v) is 2.59. The lowest BCUT2D eigenvalue weighted by atomic mass is 10.4. The van der Waals surface area contributed by atoms with E-state index in [1.807, 2.05) is 0 Å². The average Bonchev–Trinajstić information content (AvgIpc) is 2.15. The quantitative estimate of drug-likeness (QED) is 0.591. The van der Waals surface area contributed by atoms with Gasteiger partial charge in [0.05, 0.1) is 0 Å². The van der Waals surface area contributed by atoms with Crippen LogP contribution in [0.25, 0.3) is 0 Å². The largest absolute Gasteiger partial charge is 0.308 e. The highest BCUT2D eigenvalue weighted by molar-refractivity contribution is 4.63. The van der Waals surface area contributed by atoms with Gasteiger partial charge in [-0.25, -0.2) is 0 Å². The Morgan fingerprint density at radius 2 is 0.706 bits per heavy atom. The summed E-state index contributed by atoms with van der Waals surface area (Å²) in [5.74, 6) is 0. The molecule has 0 saturated carbocycles. The zero-order chi connectivity index (χ0) is 12.6. The van der Waals surface area contributed by atoms with Gasteiger partial charge in [-0.1, -0.05) is 7.43 Å². The van der Waals surface area contributed by atoms with E-state index < -0.39 is 0 Å². The zero-order valence-electron chi connectivity index (χ0n) is 12.0. The molecule has 106 valence electrons. The van der Waals surface area contributed by atoms with Gasteiger partial charge in [0.1, 0.15) is 0 Å². The van der Waals surface area contributed by atoms with Gasteiger partial charge in [-0.2, -0.15) is 0 Å². The van der Waals surface area contributed by atoms with Crippen LogP contribution in [0, 0.1) is 0 Å². The van der Waals surface area contributed by atoms with Crippen LogP contribution < -0.4 is 0 Å². The number of rotatable bonds is 9. The number of nitrogens with zero attached hydrogens (tertiary/aromatic N) is 4. The smallest absolute Gasteiger partial charge is 0.0110 e. The van der Waals surface area contributed by atoms with E-state index in [4.69, 9.17) is 0 Å². The van der Waals surface area contributed by atoms with Crippen molar-refractivity contribution >= 4 is 0 Å². The van der Waals surface area contributed by atoms with Gasteiger partial charge < -0.3 is 14.7 Å². The molecule has 0 atom stereocenters. The number of likely N-dealkylation sites (N-methyl/N-ethyl adjacent to an activating group) is 3. The monoisotopic (exact) mass is 246 g/mol. The van der Waals surface area contributed by atoms with Crippen molar-refractivity contribution in [2.75, 3.05) is 81.6 Å². The topological polar surface area (TPSA) is 13.0 Å². The van der Waals surface area contributed by atoms with Crippen molar-refractivity contribution in [2.45, 2.75) is 7.43 Å². The normalized spacial score (nSPS) is 11.6. The van der Waals surface area contributed by atoms with Crippen molar-refractivity contribution in [3.63, 3.8) is 0 Å². The van der Waals surface area contributed by atoms with Gasteiger partial charge in [-0.15, -0.1) is 0 Å². The number of hydrogen-bond acceptors (Lipinski definition) is 4. The van der Waals surface area contributed by atoms with Crippen LogP contribution in [0.4, 0.5) is 0 Å². The first-order chi connectivity index (χ1) is 7.41. The Balaban J connectivity index is 0. The molecule has 17 heavy (non-hydrogen) atoms. The molecule has 0 aromatic rings. The Morgan fingerprint density at radius 1 is 0.471 bits per heavy atom. The maximum absolute atomic E-state index is 2.54. The third-order valence-electron chi connectivity index (χ3n) is 2.59. The maximum Gasteiger partial charge on any atom is 0.0110 e. The standard InChI is InChI=1S/C12H30N4.CH4/c1-13(2)7-10-16(11-8-14(3)4)12-9-15(5)6;/h7-12H2,1-6H3;1H4. The van der Waals surface area contributed by atoms with Crippen molar-refractivity contribution in [1.29, 1.82) is 0 Å². The lowest BCUT2D eigenvalue weighted by molar-refractivity contribution is 0.201. The molecule has 0 saturated heterocycles. The summed E-state index contributed by atoms with van der Waals surface area (Å²) in [6.07, 6.45) is 0. The van der Waals surface area contributed by atoms with Gasteiger partial charge in [0.15, 0.2) is 0 Å². The summed E-state index contributed by atoms with van der Waals surface area (Å²) in [4.78, 5) is 9.29. The Labute approximate surface area is 109 Å². The fourth-order valence-corrected chi connectivity index (χ4v) is 1.36. The fourth-order valence-electron chi connectivity index (χ4n) is 1.36. The minimum Gasteiger partial charge on any atom is -0.308 e. The van der Waals surface area contributed by atoms with E-state index in [0.29, 0.717) is 0 Å². The molecule has 0 radical (unpaired) electrons. The highest BCUT2D eigenvalue weighted by Gasteiger charge is 2.06. The molecule has 0 aromatic heterocycles. The predicted molar refractivity (Wildman–Crippen MR) is 78.8 cm³/mol. The minimum absolute atomic E-state index is 0. The second-order valence-corrected chi connectivity index (χ2v) is 5.25. The molecule has 0 bridgehead atoms. The van der Waals surface area contributed by atoms with E-state index in [0.717, 1.165) is 39.3 Å². The first-order valence-electron chi connectivity index (χ1n) is 6.08. The van der Waals surface area contributed by atoms with Gasteiger partial charge in [-0.3, -0.25) is 4.90 Å². The first kappa shape index (κ1) is 19.2. The Hall–Kier alpha value is -0.160. The van der Waals surface area contributed by atoms with Crippen molar-refractivity contribution in [3.8, 4) is 0 Å². The molecule has 0 N–H and O–H groups in total. The molecule has 0 fully saturated rings. The summed E-state index contributed by atoms with van der Waals surface area (Å²) in [5, 5.41) is 0.